The summed E-state index contributed by atoms with van der Waals surface area (Å²) in [5, 5.41) is 0.809. The second-order valence-corrected chi connectivity index (χ2v) is 8.64. The molecule has 0 bridgehead atoms. The van der Waals surface area contributed by atoms with E-state index in [4.69, 9.17) is 11.6 Å². The lowest BCUT2D eigenvalue weighted by Gasteiger charge is -2.39. The minimum atomic E-state index is 0.364. The Morgan fingerprint density at radius 2 is 1.69 bits per heavy atom. The van der Waals surface area contributed by atoms with Crippen molar-refractivity contribution in [1.29, 1.82) is 0 Å². The molecule has 1 atom stereocenters. The van der Waals surface area contributed by atoms with E-state index < -0.39 is 0 Å². The molecule has 0 aromatic heterocycles. The van der Waals surface area contributed by atoms with E-state index in [1.54, 1.807) is 0 Å². The summed E-state index contributed by atoms with van der Waals surface area (Å²) in [7, 11) is 0. The second-order valence-electron chi connectivity index (χ2n) is 8.20. The molecule has 1 aliphatic heterocycles. The molecule has 1 heterocycles. The van der Waals surface area contributed by atoms with E-state index in [1.807, 2.05) is 12.1 Å². The molecule has 148 valence electrons. The maximum absolute atomic E-state index is 6.03. The predicted molar refractivity (Wildman–Crippen MR) is 122 cm³/mol. The lowest BCUT2D eigenvalue weighted by atomic mass is 9.89. The van der Waals surface area contributed by atoms with Crippen LogP contribution in [0.5, 0.6) is 0 Å². The van der Waals surface area contributed by atoms with Crippen molar-refractivity contribution in [3.05, 3.63) is 100 Å². The molecular formula is C26H27ClN2. The van der Waals surface area contributed by atoms with Gasteiger partial charge in [-0.3, -0.25) is 9.80 Å². The van der Waals surface area contributed by atoms with Gasteiger partial charge in [0.2, 0.25) is 0 Å². The van der Waals surface area contributed by atoms with Crippen LogP contribution < -0.4 is 0 Å². The summed E-state index contributed by atoms with van der Waals surface area (Å²) in [5.74, 6) is 0. The molecule has 1 fully saturated rings. The van der Waals surface area contributed by atoms with E-state index in [1.165, 1.54) is 27.8 Å². The Kier molecular flexibility index (Phi) is 5.41. The van der Waals surface area contributed by atoms with Crippen LogP contribution in [0, 0.1) is 0 Å². The Balaban J connectivity index is 1.32. The van der Waals surface area contributed by atoms with Crippen molar-refractivity contribution >= 4 is 17.2 Å². The molecule has 3 heteroatoms. The van der Waals surface area contributed by atoms with E-state index in [0.717, 1.165) is 50.6 Å². The summed E-state index contributed by atoms with van der Waals surface area (Å²) >= 11 is 6.03. The minimum Gasteiger partial charge on any atom is -0.297 e. The predicted octanol–water partition coefficient (Wildman–Crippen LogP) is 5.87. The van der Waals surface area contributed by atoms with Gasteiger partial charge in [-0.05, 0) is 52.8 Å². The van der Waals surface area contributed by atoms with Gasteiger partial charge in [0.05, 0.1) is 6.04 Å². The third-order valence-corrected chi connectivity index (χ3v) is 6.64. The Labute approximate surface area is 178 Å². The summed E-state index contributed by atoms with van der Waals surface area (Å²) in [5.41, 5.74) is 7.17. The Morgan fingerprint density at radius 3 is 2.52 bits per heavy atom. The molecule has 0 radical (unpaired) electrons. The number of benzene rings is 2. The maximum Gasteiger partial charge on any atom is 0.0541 e. The highest BCUT2D eigenvalue weighted by Gasteiger charge is 2.27. The number of halogens is 1. The van der Waals surface area contributed by atoms with E-state index in [-0.39, 0.29) is 0 Å². The molecule has 1 saturated heterocycles. The third kappa shape index (κ3) is 3.98. The first kappa shape index (κ1) is 18.9. The fourth-order valence-corrected chi connectivity index (χ4v) is 4.95. The highest BCUT2D eigenvalue weighted by atomic mass is 35.5. The summed E-state index contributed by atoms with van der Waals surface area (Å²) in [6.07, 6.45) is 11.7. The molecular weight excluding hydrogens is 376 g/mol. The van der Waals surface area contributed by atoms with Crippen LogP contribution >= 0.6 is 11.6 Å². The zero-order valence-electron chi connectivity index (χ0n) is 16.7. The standard InChI is InChI=1S/C26H27ClN2/c27-22-12-9-20(10-13-22)19-28-15-17-29(18-16-28)26-14-11-21-5-1-2-6-23(21)24-7-3-4-8-25(24)26/h1,3-5,7-14,26H,2,6,15-19H2. The molecule has 2 aliphatic carbocycles. The Bertz CT molecular complexity index is 962. The van der Waals surface area contributed by atoms with Crippen LogP contribution in [0.2, 0.25) is 5.02 Å². The van der Waals surface area contributed by atoms with E-state index in [0.29, 0.717) is 6.04 Å². The average molecular weight is 403 g/mol. The molecule has 1 unspecified atom stereocenters. The van der Waals surface area contributed by atoms with Crippen LogP contribution in [-0.2, 0) is 6.54 Å². The zero-order chi connectivity index (χ0) is 19.6. The number of rotatable bonds is 3. The number of fused-ring (bicyclic) bond motifs is 2. The first-order chi connectivity index (χ1) is 14.3. The topological polar surface area (TPSA) is 6.48 Å². The van der Waals surface area contributed by atoms with Gasteiger partial charge in [0.1, 0.15) is 0 Å². The van der Waals surface area contributed by atoms with Gasteiger partial charge >= 0.3 is 0 Å². The van der Waals surface area contributed by atoms with Crippen molar-refractivity contribution in [2.75, 3.05) is 26.2 Å². The zero-order valence-corrected chi connectivity index (χ0v) is 17.5. The molecule has 0 spiro atoms. The van der Waals surface area contributed by atoms with E-state index >= 15 is 0 Å². The summed E-state index contributed by atoms with van der Waals surface area (Å²) in [6, 6.07) is 17.7. The monoisotopic (exact) mass is 402 g/mol. The van der Waals surface area contributed by atoms with Gasteiger partial charge in [-0.25, -0.2) is 0 Å². The lowest BCUT2D eigenvalue weighted by molar-refractivity contribution is 0.107. The van der Waals surface area contributed by atoms with Crippen LogP contribution in [0.3, 0.4) is 0 Å². The molecule has 3 aliphatic rings. The number of hydrogen-bond acceptors (Lipinski definition) is 2. The number of piperazine rings is 1. The highest BCUT2D eigenvalue weighted by Crippen LogP contribution is 2.39. The maximum atomic E-state index is 6.03. The summed E-state index contributed by atoms with van der Waals surface area (Å²) < 4.78 is 0. The van der Waals surface area contributed by atoms with E-state index in [9.17, 15) is 0 Å². The molecule has 2 aromatic carbocycles. The number of hydrogen-bond donors (Lipinski definition) is 0. The van der Waals surface area contributed by atoms with Crippen LogP contribution in [0.25, 0.3) is 5.57 Å². The quantitative estimate of drug-likeness (QED) is 0.633. The van der Waals surface area contributed by atoms with Crippen LogP contribution in [0.15, 0.2) is 78.4 Å². The average Bonchev–Trinajstić information content (AvgIpc) is 2.93. The molecule has 2 nitrogen and oxygen atoms in total. The van der Waals surface area contributed by atoms with E-state index in [2.05, 4.69) is 70.5 Å². The van der Waals surface area contributed by atoms with Crippen molar-refractivity contribution in [3.8, 4) is 0 Å². The van der Waals surface area contributed by atoms with Gasteiger partial charge in [-0.15, -0.1) is 0 Å². The number of allylic oxidation sites excluding steroid dienone is 5. The Hall–Kier alpha value is -2.13. The van der Waals surface area contributed by atoms with Crippen molar-refractivity contribution in [2.24, 2.45) is 0 Å². The van der Waals surface area contributed by atoms with Crippen molar-refractivity contribution < 1.29 is 0 Å². The van der Waals surface area contributed by atoms with Gasteiger partial charge in [0.25, 0.3) is 0 Å². The fourth-order valence-electron chi connectivity index (χ4n) is 4.82. The highest BCUT2D eigenvalue weighted by molar-refractivity contribution is 6.30. The molecule has 29 heavy (non-hydrogen) atoms. The smallest absolute Gasteiger partial charge is 0.0541 e. The van der Waals surface area contributed by atoms with Crippen LogP contribution in [0.1, 0.15) is 35.6 Å². The van der Waals surface area contributed by atoms with Gasteiger partial charge in [-0.2, -0.15) is 0 Å². The SMILES string of the molecule is Clc1ccc(CN2CCN(C3C=CC4=C(CCC=C4)c4ccccc43)CC2)cc1. The van der Waals surface area contributed by atoms with Crippen molar-refractivity contribution in [3.63, 3.8) is 0 Å². The Morgan fingerprint density at radius 1 is 0.897 bits per heavy atom. The first-order valence-corrected chi connectivity index (χ1v) is 11.0. The van der Waals surface area contributed by atoms with Crippen LogP contribution in [0.4, 0.5) is 0 Å². The molecule has 0 amide bonds. The lowest BCUT2D eigenvalue weighted by Crippen LogP contribution is -2.46. The molecule has 2 aromatic rings. The normalized spacial score (nSPS) is 22.3. The minimum absolute atomic E-state index is 0.364. The molecule has 5 rings (SSSR count). The number of nitrogens with zero attached hydrogens (tertiary/aromatic N) is 2. The van der Waals surface area contributed by atoms with Gasteiger partial charge < -0.3 is 0 Å². The van der Waals surface area contributed by atoms with Crippen molar-refractivity contribution in [2.45, 2.75) is 25.4 Å². The van der Waals surface area contributed by atoms with Gasteiger partial charge in [0.15, 0.2) is 0 Å². The summed E-state index contributed by atoms with van der Waals surface area (Å²) in [4.78, 5) is 5.20. The first-order valence-electron chi connectivity index (χ1n) is 10.7. The molecule has 0 saturated carbocycles. The van der Waals surface area contributed by atoms with Crippen LogP contribution in [-0.4, -0.2) is 36.0 Å². The summed E-state index contributed by atoms with van der Waals surface area (Å²) in [6.45, 7) is 5.39. The van der Waals surface area contributed by atoms with Gasteiger partial charge in [-0.1, -0.05) is 72.3 Å². The van der Waals surface area contributed by atoms with Gasteiger partial charge in [0, 0.05) is 37.7 Å². The largest absolute Gasteiger partial charge is 0.297 e. The fraction of sp³-hybridized carbons (Fsp3) is 0.308. The molecule has 0 N–H and O–H groups in total. The van der Waals surface area contributed by atoms with Crippen molar-refractivity contribution in [1.82, 2.24) is 9.80 Å². The third-order valence-electron chi connectivity index (χ3n) is 6.39. The second kappa shape index (κ2) is 8.31.